The molecular weight excluding hydrogens is 390 g/mol. The largest absolute Gasteiger partial charge is 0.466 e. The Hall–Kier alpha value is -3.86. The zero-order chi connectivity index (χ0) is 21.5. The molecule has 0 radical (unpaired) electrons. The molecule has 0 saturated carbocycles. The van der Waals surface area contributed by atoms with Gasteiger partial charge in [-0.15, -0.1) is 0 Å². The third-order valence-electron chi connectivity index (χ3n) is 6.05. The van der Waals surface area contributed by atoms with Crippen LogP contribution in [0.2, 0.25) is 0 Å². The lowest BCUT2D eigenvalue weighted by molar-refractivity contribution is -0.139. The van der Waals surface area contributed by atoms with E-state index in [9.17, 15) is 9.59 Å². The predicted octanol–water partition coefficient (Wildman–Crippen LogP) is 4.61. The molecule has 2 heterocycles. The van der Waals surface area contributed by atoms with Gasteiger partial charge in [0.1, 0.15) is 0 Å². The highest BCUT2D eigenvalue weighted by atomic mass is 16.5. The summed E-state index contributed by atoms with van der Waals surface area (Å²) in [6.07, 6.45) is 0. The Bertz CT molecular complexity index is 1200. The number of nitrogens with zero attached hydrogens (tertiary/aromatic N) is 1. The molecule has 31 heavy (non-hydrogen) atoms. The molecule has 154 valence electrons. The van der Waals surface area contributed by atoms with E-state index in [0.29, 0.717) is 11.1 Å². The Morgan fingerprint density at radius 2 is 1.29 bits per heavy atom. The molecule has 2 bridgehead atoms. The van der Waals surface area contributed by atoms with Crippen LogP contribution in [0.1, 0.15) is 23.2 Å². The van der Waals surface area contributed by atoms with E-state index >= 15 is 0 Å². The molecule has 3 aromatic carbocycles. The maximum Gasteiger partial charge on any atom is 0.336 e. The summed E-state index contributed by atoms with van der Waals surface area (Å²) in [5.41, 5.74) is 5.74. The van der Waals surface area contributed by atoms with Crippen molar-refractivity contribution in [2.75, 3.05) is 19.1 Å². The number of anilines is 1. The zero-order valence-electron chi connectivity index (χ0n) is 17.2. The first-order valence-corrected chi connectivity index (χ1v) is 10.1. The van der Waals surface area contributed by atoms with Gasteiger partial charge in [0.2, 0.25) is 0 Å². The summed E-state index contributed by atoms with van der Waals surface area (Å²) in [6, 6.07) is 25.1. The maximum atomic E-state index is 13.0. The number of fused-ring (bicyclic) bond motifs is 5. The van der Waals surface area contributed by atoms with Crippen molar-refractivity contribution >= 4 is 17.6 Å². The fourth-order valence-electron chi connectivity index (χ4n) is 4.87. The van der Waals surface area contributed by atoms with Crippen LogP contribution in [0.3, 0.4) is 0 Å². The van der Waals surface area contributed by atoms with Crippen LogP contribution in [0.4, 0.5) is 5.69 Å². The van der Waals surface area contributed by atoms with Gasteiger partial charge in [0.05, 0.1) is 37.4 Å². The third kappa shape index (κ3) is 2.77. The number of rotatable bonds is 4. The maximum absolute atomic E-state index is 13.0. The van der Waals surface area contributed by atoms with Gasteiger partial charge in [0.25, 0.3) is 0 Å². The summed E-state index contributed by atoms with van der Waals surface area (Å²) in [4.78, 5) is 27.9. The van der Waals surface area contributed by atoms with Crippen LogP contribution in [0, 0.1) is 0 Å². The molecule has 2 unspecified atom stereocenters. The lowest BCUT2D eigenvalue weighted by Crippen LogP contribution is -2.23. The van der Waals surface area contributed by atoms with E-state index in [-0.39, 0.29) is 0 Å². The number of para-hydroxylation sites is 1. The number of benzene rings is 3. The first-order chi connectivity index (χ1) is 15.2. The molecule has 0 amide bonds. The lowest BCUT2D eigenvalue weighted by Gasteiger charge is -2.26. The summed E-state index contributed by atoms with van der Waals surface area (Å²) in [5, 5.41) is 0. The number of carbonyl (C=O) groups excluding carboxylic acids is 2. The highest BCUT2D eigenvalue weighted by molar-refractivity contribution is 6.07. The second-order valence-corrected chi connectivity index (χ2v) is 7.53. The molecule has 0 spiro atoms. The van der Waals surface area contributed by atoms with Crippen molar-refractivity contribution in [2.45, 2.75) is 12.1 Å². The highest BCUT2D eigenvalue weighted by Gasteiger charge is 2.55. The third-order valence-corrected chi connectivity index (χ3v) is 6.05. The fraction of sp³-hybridized carbons (Fsp3) is 0.154. The number of hydrogen-bond donors (Lipinski definition) is 0. The van der Waals surface area contributed by atoms with E-state index in [2.05, 4.69) is 23.1 Å². The number of methoxy groups -OCH3 is 2. The zero-order valence-corrected chi connectivity index (χ0v) is 17.2. The summed E-state index contributed by atoms with van der Waals surface area (Å²) in [5.74, 6) is -1.02. The van der Waals surface area contributed by atoms with E-state index in [1.54, 1.807) is 0 Å². The van der Waals surface area contributed by atoms with Gasteiger partial charge in [-0.1, -0.05) is 66.7 Å². The van der Waals surface area contributed by atoms with Crippen molar-refractivity contribution in [2.24, 2.45) is 0 Å². The minimum atomic E-state index is -0.512. The topological polar surface area (TPSA) is 55.8 Å². The second kappa shape index (κ2) is 7.43. The van der Waals surface area contributed by atoms with Crippen molar-refractivity contribution in [3.8, 4) is 11.1 Å². The van der Waals surface area contributed by atoms with Gasteiger partial charge in [-0.25, -0.2) is 9.59 Å². The Kier molecular flexibility index (Phi) is 4.59. The summed E-state index contributed by atoms with van der Waals surface area (Å²) in [6.45, 7) is 0. The molecule has 0 fully saturated rings. The average Bonchev–Trinajstić information content (AvgIpc) is 3.36. The number of esters is 2. The van der Waals surface area contributed by atoms with Gasteiger partial charge in [-0.05, 0) is 34.4 Å². The highest BCUT2D eigenvalue weighted by Crippen LogP contribution is 2.60. The monoisotopic (exact) mass is 411 g/mol. The Morgan fingerprint density at radius 1 is 0.710 bits per heavy atom. The van der Waals surface area contributed by atoms with Crippen molar-refractivity contribution in [1.29, 1.82) is 0 Å². The summed E-state index contributed by atoms with van der Waals surface area (Å²) in [7, 11) is 2.68. The standard InChI is InChI=1S/C26H21NO4/c1-30-25(28)21-22(26(29)31-2)24-20-18(16-10-5-3-6-11-16)14-9-15-19(20)23(21)27(24)17-12-7-4-8-13-17/h3-15,23-24H,1-2H3. The first kappa shape index (κ1) is 19.1. The van der Waals surface area contributed by atoms with E-state index in [1.165, 1.54) is 14.2 Å². The van der Waals surface area contributed by atoms with Gasteiger partial charge >= 0.3 is 11.9 Å². The molecule has 0 N–H and O–H groups in total. The molecular formula is C26H21NO4. The van der Waals surface area contributed by atoms with E-state index in [1.807, 2.05) is 60.7 Å². The normalized spacial score (nSPS) is 18.7. The first-order valence-electron chi connectivity index (χ1n) is 10.1. The van der Waals surface area contributed by atoms with Crippen LogP contribution in [-0.4, -0.2) is 26.2 Å². The molecule has 2 aliphatic rings. The average molecular weight is 411 g/mol. The minimum absolute atomic E-state index is 0.346. The molecule has 2 atom stereocenters. The van der Waals surface area contributed by atoms with Crippen molar-refractivity contribution in [3.63, 3.8) is 0 Å². The Labute approximate surface area is 180 Å². The van der Waals surface area contributed by atoms with Gasteiger partial charge < -0.3 is 14.4 Å². The molecule has 5 heteroatoms. The number of ether oxygens (including phenoxy) is 2. The van der Waals surface area contributed by atoms with Gasteiger partial charge in [0.15, 0.2) is 0 Å². The SMILES string of the molecule is COC(=O)C1=C(C(=O)OC)C2c3c(-c4ccccc4)cccc3C1N2c1ccccc1. The van der Waals surface area contributed by atoms with E-state index in [0.717, 1.165) is 27.9 Å². The van der Waals surface area contributed by atoms with Crippen LogP contribution in [0.15, 0.2) is 90.0 Å². The van der Waals surface area contributed by atoms with Gasteiger partial charge in [0, 0.05) is 5.69 Å². The second-order valence-electron chi connectivity index (χ2n) is 7.53. The van der Waals surface area contributed by atoms with E-state index in [4.69, 9.17) is 9.47 Å². The Balaban J connectivity index is 1.80. The molecule has 0 aromatic heterocycles. The molecule has 5 nitrogen and oxygen atoms in total. The fourth-order valence-corrected chi connectivity index (χ4v) is 4.87. The van der Waals surface area contributed by atoms with Crippen LogP contribution in [-0.2, 0) is 19.1 Å². The van der Waals surface area contributed by atoms with Crippen molar-refractivity contribution in [1.82, 2.24) is 0 Å². The van der Waals surface area contributed by atoms with E-state index < -0.39 is 24.0 Å². The van der Waals surface area contributed by atoms with Gasteiger partial charge in [-0.2, -0.15) is 0 Å². The number of hydrogen-bond acceptors (Lipinski definition) is 5. The van der Waals surface area contributed by atoms with Crippen molar-refractivity contribution < 1.29 is 19.1 Å². The summed E-state index contributed by atoms with van der Waals surface area (Å²) >= 11 is 0. The van der Waals surface area contributed by atoms with Crippen LogP contribution < -0.4 is 4.90 Å². The lowest BCUT2D eigenvalue weighted by atomic mass is 9.82. The molecule has 5 rings (SSSR count). The van der Waals surface area contributed by atoms with Gasteiger partial charge in [-0.3, -0.25) is 0 Å². The van der Waals surface area contributed by atoms with Crippen LogP contribution in [0.5, 0.6) is 0 Å². The molecule has 0 saturated heterocycles. The number of carbonyl (C=O) groups is 2. The van der Waals surface area contributed by atoms with Crippen LogP contribution in [0.25, 0.3) is 11.1 Å². The quantitative estimate of drug-likeness (QED) is 0.587. The van der Waals surface area contributed by atoms with Crippen LogP contribution >= 0.6 is 0 Å². The smallest absolute Gasteiger partial charge is 0.336 e. The molecule has 0 aliphatic carbocycles. The molecule has 2 aliphatic heterocycles. The Morgan fingerprint density at radius 3 is 1.90 bits per heavy atom. The van der Waals surface area contributed by atoms with Crippen molar-refractivity contribution in [3.05, 3.63) is 101 Å². The predicted molar refractivity (Wildman–Crippen MR) is 117 cm³/mol. The molecule has 3 aromatic rings. The summed E-state index contributed by atoms with van der Waals surface area (Å²) < 4.78 is 10.2. The minimum Gasteiger partial charge on any atom is -0.466 e.